The largest absolute Gasteiger partial charge is 0.481 e. The number of aromatic amines is 1. The lowest BCUT2D eigenvalue weighted by molar-refractivity contribution is -0.147. The van der Waals surface area contributed by atoms with Gasteiger partial charge in [-0.3, -0.25) is 9.89 Å². The Morgan fingerprint density at radius 1 is 1.69 bits per heavy atom. The van der Waals surface area contributed by atoms with Crippen molar-refractivity contribution in [2.45, 2.75) is 31.6 Å². The zero-order valence-electron chi connectivity index (χ0n) is 7.50. The number of aliphatic carboxylic acids is 1. The summed E-state index contributed by atoms with van der Waals surface area (Å²) in [5.74, 6) is -0.745. The summed E-state index contributed by atoms with van der Waals surface area (Å²) in [5, 5.41) is 15.9. The van der Waals surface area contributed by atoms with Crippen LogP contribution in [0.2, 0.25) is 0 Å². The van der Waals surface area contributed by atoms with E-state index in [0.717, 1.165) is 12.1 Å². The van der Waals surface area contributed by atoms with Gasteiger partial charge in [0.1, 0.15) is 5.41 Å². The maximum absolute atomic E-state index is 11.1. The highest BCUT2D eigenvalue weighted by Crippen LogP contribution is 2.43. The molecule has 0 radical (unpaired) electrons. The number of hydrogen-bond acceptors (Lipinski definition) is 2. The van der Waals surface area contributed by atoms with Gasteiger partial charge in [-0.1, -0.05) is 6.42 Å². The van der Waals surface area contributed by atoms with Crippen LogP contribution in [0.5, 0.6) is 0 Å². The van der Waals surface area contributed by atoms with Gasteiger partial charge in [0.05, 0.1) is 5.69 Å². The molecule has 0 unspecified atom stereocenters. The third-order valence-corrected chi connectivity index (χ3v) is 2.81. The normalized spacial score (nSPS) is 19.5. The molecule has 70 valence electrons. The van der Waals surface area contributed by atoms with Gasteiger partial charge in [-0.25, -0.2) is 0 Å². The van der Waals surface area contributed by atoms with Gasteiger partial charge >= 0.3 is 5.97 Å². The second-order valence-corrected chi connectivity index (χ2v) is 3.68. The van der Waals surface area contributed by atoms with E-state index in [0.29, 0.717) is 18.5 Å². The molecule has 1 fully saturated rings. The fourth-order valence-electron chi connectivity index (χ4n) is 1.77. The fourth-order valence-corrected chi connectivity index (χ4v) is 1.77. The molecule has 0 aliphatic heterocycles. The van der Waals surface area contributed by atoms with Gasteiger partial charge in [-0.05, 0) is 25.8 Å². The molecule has 0 atom stereocenters. The van der Waals surface area contributed by atoms with Crippen LogP contribution in [0.3, 0.4) is 0 Å². The third-order valence-electron chi connectivity index (χ3n) is 2.81. The molecule has 1 heterocycles. The first kappa shape index (κ1) is 8.29. The summed E-state index contributed by atoms with van der Waals surface area (Å²) in [6, 6.07) is 1.83. The molecule has 4 heteroatoms. The maximum atomic E-state index is 11.1. The number of rotatable bonds is 2. The molecule has 1 aromatic heterocycles. The van der Waals surface area contributed by atoms with Crippen LogP contribution >= 0.6 is 0 Å². The minimum atomic E-state index is -0.745. The SMILES string of the molecule is Cc1cc(C2(C(=O)O)CCC2)n[nH]1. The summed E-state index contributed by atoms with van der Waals surface area (Å²) in [5.41, 5.74) is 0.913. The molecule has 0 amide bonds. The van der Waals surface area contributed by atoms with Gasteiger partial charge in [-0.15, -0.1) is 0 Å². The van der Waals surface area contributed by atoms with E-state index in [1.54, 1.807) is 0 Å². The van der Waals surface area contributed by atoms with Crippen LogP contribution in [-0.2, 0) is 10.2 Å². The number of carboxylic acids is 1. The maximum Gasteiger partial charge on any atom is 0.315 e. The minimum Gasteiger partial charge on any atom is -0.481 e. The highest BCUT2D eigenvalue weighted by molar-refractivity contribution is 5.81. The van der Waals surface area contributed by atoms with Crippen LogP contribution < -0.4 is 0 Å². The number of carboxylic acid groups (broad SMARTS) is 1. The Morgan fingerprint density at radius 3 is 2.69 bits per heavy atom. The Hall–Kier alpha value is -1.32. The molecule has 2 rings (SSSR count). The summed E-state index contributed by atoms with van der Waals surface area (Å²) in [4.78, 5) is 11.1. The van der Waals surface area contributed by atoms with Crippen LogP contribution in [0.15, 0.2) is 6.07 Å². The predicted octanol–water partition coefficient (Wildman–Crippen LogP) is 1.22. The summed E-state index contributed by atoms with van der Waals surface area (Å²) in [7, 11) is 0. The van der Waals surface area contributed by atoms with Gasteiger partial charge in [0.15, 0.2) is 0 Å². The molecule has 2 N–H and O–H groups in total. The monoisotopic (exact) mass is 180 g/mol. The topological polar surface area (TPSA) is 66.0 Å². The Balaban J connectivity index is 2.37. The smallest absolute Gasteiger partial charge is 0.315 e. The highest BCUT2D eigenvalue weighted by atomic mass is 16.4. The molecule has 4 nitrogen and oxygen atoms in total. The van der Waals surface area contributed by atoms with E-state index in [1.165, 1.54) is 0 Å². The Labute approximate surface area is 76.0 Å². The number of aromatic nitrogens is 2. The van der Waals surface area contributed by atoms with Gasteiger partial charge in [-0.2, -0.15) is 5.10 Å². The first-order valence-corrected chi connectivity index (χ1v) is 4.41. The molecule has 0 bridgehead atoms. The molecule has 0 aromatic carbocycles. The van der Waals surface area contributed by atoms with Crippen molar-refractivity contribution in [2.24, 2.45) is 0 Å². The van der Waals surface area contributed by atoms with Gasteiger partial charge in [0.2, 0.25) is 0 Å². The summed E-state index contributed by atoms with van der Waals surface area (Å²) < 4.78 is 0. The lowest BCUT2D eigenvalue weighted by atomic mass is 9.66. The number of carbonyl (C=O) groups is 1. The van der Waals surface area contributed by atoms with Gasteiger partial charge in [0, 0.05) is 5.69 Å². The van der Waals surface area contributed by atoms with E-state index in [2.05, 4.69) is 10.2 Å². The van der Waals surface area contributed by atoms with E-state index in [-0.39, 0.29) is 0 Å². The zero-order valence-corrected chi connectivity index (χ0v) is 7.50. The summed E-state index contributed by atoms with van der Waals surface area (Å²) in [6.45, 7) is 1.88. The molecule has 0 saturated heterocycles. The number of nitrogens with zero attached hydrogens (tertiary/aromatic N) is 1. The first-order valence-electron chi connectivity index (χ1n) is 4.41. The standard InChI is InChI=1S/C9H12N2O2/c1-6-5-7(11-10-6)9(8(12)13)3-2-4-9/h5H,2-4H2,1H3,(H,10,11)(H,12,13). The number of aryl methyl sites for hydroxylation is 1. The molecule has 1 aliphatic rings. The Morgan fingerprint density at radius 2 is 2.38 bits per heavy atom. The van der Waals surface area contributed by atoms with Crippen LogP contribution in [0, 0.1) is 6.92 Å². The second kappa shape index (κ2) is 2.58. The number of H-pyrrole nitrogens is 1. The van der Waals surface area contributed by atoms with Crippen molar-refractivity contribution in [3.05, 3.63) is 17.5 Å². The molecule has 1 saturated carbocycles. The first-order chi connectivity index (χ1) is 6.15. The molecule has 1 aliphatic carbocycles. The van der Waals surface area contributed by atoms with Crippen LogP contribution in [-0.4, -0.2) is 21.3 Å². The van der Waals surface area contributed by atoms with Crippen LogP contribution in [0.25, 0.3) is 0 Å². The Bertz CT molecular complexity index is 339. The highest BCUT2D eigenvalue weighted by Gasteiger charge is 2.47. The van der Waals surface area contributed by atoms with Crippen LogP contribution in [0.1, 0.15) is 30.7 Å². The van der Waals surface area contributed by atoms with Crippen molar-refractivity contribution in [1.82, 2.24) is 10.2 Å². The van der Waals surface area contributed by atoms with Crippen molar-refractivity contribution in [3.63, 3.8) is 0 Å². The van der Waals surface area contributed by atoms with Crippen molar-refractivity contribution in [3.8, 4) is 0 Å². The molecule has 1 aromatic rings. The molecule has 0 spiro atoms. The van der Waals surface area contributed by atoms with Gasteiger partial charge < -0.3 is 5.11 Å². The van der Waals surface area contributed by atoms with E-state index in [4.69, 9.17) is 5.11 Å². The average Bonchev–Trinajstić information content (AvgIpc) is 2.32. The molecular formula is C9H12N2O2. The van der Waals surface area contributed by atoms with Crippen molar-refractivity contribution >= 4 is 5.97 Å². The van der Waals surface area contributed by atoms with Crippen molar-refractivity contribution in [1.29, 1.82) is 0 Å². The number of hydrogen-bond donors (Lipinski definition) is 2. The predicted molar refractivity (Wildman–Crippen MR) is 46.5 cm³/mol. The summed E-state index contributed by atoms with van der Waals surface area (Å²) in [6.07, 6.45) is 2.41. The van der Waals surface area contributed by atoms with Crippen LogP contribution in [0.4, 0.5) is 0 Å². The van der Waals surface area contributed by atoms with E-state index >= 15 is 0 Å². The van der Waals surface area contributed by atoms with E-state index in [9.17, 15) is 4.79 Å². The molecular weight excluding hydrogens is 168 g/mol. The number of nitrogens with one attached hydrogen (secondary N) is 1. The third kappa shape index (κ3) is 1.05. The molecule has 13 heavy (non-hydrogen) atoms. The lowest BCUT2D eigenvalue weighted by Gasteiger charge is -2.35. The zero-order chi connectivity index (χ0) is 9.47. The van der Waals surface area contributed by atoms with E-state index < -0.39 is 11.4 Å². The summed E-state index contributed by atoms with van der Waals surface area (Å²) >= 11 is 0. The Kier molecular flexibility index (Phi) is 1.65. The quantitative estimate of drug-likeness (QED) is 0.719. The van der Waals surface area contributed by atoms with Crippen molar-refractivity contribution in [2.75, 3.05) is 0 Å². The lowest BCUT2D eigenvalue weighted by Crippen LogP contribution is -2.42. The fraction of sp³-hybridized carbons (Fsp3) is 0.556. The van der Waals surface area contributed by atoms with Gasteiger partial charge in [0.25, 0.3) is 0 Å². The van der Waals surface area contributed by atoms with E-state index in [1.807, 2.05) is 13.0 Å². The average molecular weight is 180 g/mol. The minimum absolute atomic E-state index is 0.684. The second-order valence-electron chi connectivity index (χ2n) is 3.68. The van der Waals surface area contributed by atoms with Crippen molar-refractivity contribution < 1.29 is 9.90 Å².